The van der Waals surface area contributed by atoms with Gasteiger partial charge in [-0.25, -0.2) is 4.79 Å². The summed E-state index contributed by atoms with van der Waals surface area (Å²) in [5.41, 5.74) is 0. The summed E-state index contributed by atoms with van der Waals surface area (Å²) in [4.78, 5) is 12.0. The minimum Gasteiger partial charge on any atom is -0.443 e. The lowest BCUT2D eigenvalue weighted by atomic mass is 10.3. The van der Waals surface area contributed by atoms with Crippen LogP contribution >= 0.6 is 0 Å². The van der Waals surface area contributed by atoms with Crippen LogP contribution in [0, 0.1) is 0 Å². The van der Waals surface area contributed by atoms with Gasteiger partial charge >= 0.3 is 6.09 Å². The molecular weight excluding hydrogens is 121 g/mol. The van der Waals surface area contributed by atoms with E-state index in [1.54, 1.807) is 7.98 Å². The van der Waals surface area contributed by atoms with Crippen LogP contribution in [0.5, 0.6) is 0 Å². The number of aliphatic hydroxyl groups is 1. The predicted molar refractivity (Wildman–Crippen MR) is 32.6 cm³/mol. The number of amides is 1. The van der Waals surface area contributed by atoms with Crippen LogP contribution in [0.1, 0.15) is 0 Å². The second-order valence-electron chi connectivity index (χ2n) is 2.07. The summed E-state index contributed by atoms with van der Waals surface area (Å²) >= 11 is 0. The molecule has 0 spiro atoms. The molecule has 1 atom stereocenters. The van der Waals surface area contributed by atoms with Gasteiger partial charge in [0.05, 0.1) is 13.2 Å². The standard InChI is InChI=1S/C4H8BNO3/c5-6-1-3(2-7)9-4(6)8/h3,7H,1-2,5H2. The topological polar surface area (TPSA) is 49.8 Å². The van der Waals surface area contributed by atoms with Crippen molar-refractivity contribution in [2.24, 2.45) is 0 Å². The first-order valence-electron chi connectivity index (χ1n) is 2.76. The van der Waals surface area contributed by atoms with Gasteiger partial charge in [-0.15, -0.1) is 0 Å². The van der Waals surface area contributed by atoms with Crippen molar-refractivity contribution >= 4 is 14.1 Å². The highest BCUT2D eigenvalue weighted by Gasteiger charge is 2.26. The van der Waals surface area contributed by atoms with Crippen molar-refractivity contribution < 1.29 is 14.6 Å². The monoisotopic (exact) mass is 129 g/mol. The Kier molecular flexibility index (Phi) is 1.62. The van der Waals surface area contributed by atoms with Gasteiger partial charge in [0.2, 0.25) is 7.98 Å². The van der Waals surface area contributed by atoms with E-state index in [-0.39, 0.29) is 18.8 Å². The summed E-state index contributed by atoms with van der Waals surface area (Å²) in [6, 6.07) is 0. The highest BCUT2D eigenvalue weighted by molar-refractivity contribution is 6.13. The van der Waals surface area contributed by atoms with Gasteiger partial charge in [0.15, 0.2) is 0 Å². The van der Waals surface area contributed by atoms with Crippen molar-refractivity contribution in [2.45, 2.75) is 6.10 Å². The quantitative estimate of drug-likeness (QED) is 0.431. The molecule has 0 aromatic rings. The molecule has 0 aromatic carbocycles. The molecule has 0 bridgehead atoms. The fourth-order valence-corrected chi connectivity index (χ4v) is 0.745. The lowest BCUT2D eigenvalue weighted by Crippen LogP contribution is -2.22. The molecular formula is C4H8BNO3. The number of cyclic esters (lactones) is 1. The maximum atomic E-state index is 10.5. The lowest BCUT2D eigenvalue weighted by Gasteiger charge is -2.01. The molecule has 1 saturated heterocycles. The molecule has 1 N–H and O–H groups in total. The van der Waals surface area contributed by atoms with E-state index in [4.69, 9.17) is 5.11 Å². The maximum Gasteiger partial charge on any atom is 0.397 e. The van der Waals surface area contributed by atoms with Crippen LogP contribution in [0.2, 0.25) is 0 Å². The van der Waals surface area contributed by atoms with E-state index in [1.165, 1.54) is 4.81 Å². The minimum atomic E-state index is -0.353. The van der Waals surface area contributed by atoms with E-state index >= 15 is 0 Å². The van der Waals surface area contributed by atoms with Gasteiger partial charge in [0.1, 0.15) is 6.10 Å². The lowest BCUT2D eigenvalue weighted by molar-refractivity contribution is 0.0956. The highest BCUT2D eigenvalue weighted by atomic mass is 16.6. The summed E-state index contributed by atoms with van der Waals surface area (Å²) in [7, 11) is 1.64. The van der Waals surface area contributed by atoms with Crippen molar-refractivity contribution in [3.05, 3.63) is 0 Å². The van der Waals surface area contributed by atoms with Gasteiger partial charge in [-0.05, 0) is 0 Å². The van der Waals surface area contributed by atoms with Crippen LogP contribution < -0.4 is 0 Å². The Balaban J connectivity index is 2.44. The number of ether oxygens (including phenoxy) is 1. The number of nitrogens with zero attached hydrogens (tertiary/aromatic N) is 1. The smallest absolute Gasteiger partial charge is 0.397 e. The van der Waals surface area contributed by atoms with E-state index in [9.17, 15) is 4.79 Å². The van der Waals surface area contributed by atoms with Crippen LogP contribution in [-0.2, 0) is 4.74 Å². The van der Waals surface area contributed by atoms with Gasteiger partial charge in [0.25, 0.3) is 0 Å². The van der Waals surface area contributed by atoms with Crippen LogP contribution in [0.3, 0.4) is 0 Å². The van der Waals surface area contributed by atoms with Gasteiger partial charge in [-0.3, -0.25) is 0 Å². The maximum absolute atomic E-state index is 10.5. The number of hydrogen-bond donors (Lipinski definition) is 1. The van der Waals surface area contributed by atoms with E-state index in [0.717, 1.165) is 0 Å². The molecule has 0 aliphatic carbocycles. The summed E-state index contributed by atoms with van der Waals surface area (Å²) < 4.78 is 4.66. The van der Waals surface area contributed by atoms with Gasteiger partial charge in [-0.1, -0.05) is 0 Å². The molecule has 1 aliphatic heterocycles. The minimum absolute atomic E-state index is 0.0872. The molecule has 1 unspecified atom stereocenters. The van der Waals surface area contributed by atoms with Gasteiger partial charge in [-0.2, -0.15) is 0 Å². The van der Waals surface area contributed by atoms with Crippen LogP contribution in [0.25, 0.3) is 0 Å². The Morgan fingerprint density at radius 3 is 2.89 bits per heavy atom. The van der Waals surface area contributed by atoms with E-state index < -0.39 is 0 Å². The van der Waals surface area contributed by atoms with E-state index in [0.29, 0.717) is 6.54 Å². The Morgan fingerprint density at radius 1 is 2.00 bits per heavy atom. The highest BCUT2D eigenvalue weighted by Crippen LogP contribution is 2.06. The van der Waals surface area contributed by atoms with Crippen molar-refractivity contribution in [3.63, 3.8) is 0 Å². The number of aliphatic hydroxyl groups excluding tert-OH is 1. The molecule has 9 heavy (non-hydrogen) atoms. The Hall–Kier alpha value is -0.705. The molecule has 0 aromatic heterocycles. The van der Waals surface area contributed by atoms with Crippen molar-refractivity contribution in [2.75, 3.05) is 13.2 Å². The summed E-state index contributed by atoms with van der Waals surface area (Å²) in [5.74, 6) is 0. The number of carbonyl (C=O) groups is 1. The molecule has 1 rings (SSSR count). The summed E-state index contributed by atoms with van der Waals surface area (Å²) in [6.07, 6.45) is -0.670. The normalized spacial score (nSPS) is 26.6. The van der Waals surface area contributed by atoms with Crippen molar-refractivity contribution in [1.82, 2.24) is 4.81 Å². The van der Waals surface area contributed by atoms with Crippen LogP contribution in [0.4, 0.5) is 4.79 Å². The fourth-order valence-electron chi connectivity index (χ4n) is 0.745. The number of rotatable bonds is 1. The zero-order chi connectivity index (χ0) is 6.85. The number of carbonyl (C=O) groups excluding carboxylic acids is 1. The molecule has 50 valence electrons. The second-order valence-corrected chi connectivity index (χ2v) is 2.07. The summed E-state index contributed by atoms with van der Waals surface area (Å²) in [6.45, 7) is 0.408. The Morgan fingerprint density at radius 2 is 2.67 bits per heavy atom. The second kappa shape index (κ2) is 2.27. The van der Waals surface area contributed by atoms with E-state index in [2.05, 4.69) is 4.74 Å². The van der Waals surface area contributed by atoms with Gasteiger partial charge < -0.3 is 14.7 Å². The molecule has 5 heteroatoms. The first-order chi connectivity index (χ1) is 4.24. The van der Waals surface area contributed by atoms with Crippen LogP contribution in [-0.4, -0.2) is 43.2 Å². The summed E-state index contributed by atoms with van der Waals surface area (Å²) in [5, 5.41) is 8.50. The molecule has 4 nitrogen and oxygen atoms in total. The molecule has 0 radical (unpaired) electrons. The zero-order valence-electron chi connectivity index (χ0n) is 5.20. The zero-order valence-corrected chi connectivity index (χ0v) is 5.20. The third-order valence-electron chi connectivity index (χ3n) is 1.26. The molecule has 0 saturated carbocycles. The largest absolute Gasteiger partial charge is 0.443 e. The fraction of sp³-hybridized carbons (Fsp3) is 0.750. The molecule has 1 aliphatic rings. The number of hydrogen-bond acceptors (Lipinski definition) is 3. The van der Waals surface area contributed by atoms with Crippen LogP contribution in [0.15, 0.2) is 0 Å². The van der Waals surface area contributed by atoms with Crippen molar-refractivity contribution in [1.29, 1.82) is 0 Å². The first-order valence-corrected chi connectivity index (χ1v) is 2.76. The predicted octanol–water partition coefficient (Wildman–Crippen LogP) is -1.65. The Bertz CT molecular complexity index is 129. The molecule has 1 amide bonds. The SMILES string of the molecule is BN1CC(CO)OC1=O. The average Bonchev–Trinajstić information content (AvgIpc) is 2.13. The third-order valence-corrected chi connectivity index (χ3v) is 1.26. The van der Waals surface area contributed by atoms with Crippen molar-refractivity contribution in [3.8, 4) is 0 Å². The average molecular weight is 129 g/mol. The third kappa shape index (κ3) is 1.16. The molecule has 1 fully saturated rings. The molecule has 1 heterocycles. The first kappa shape index (κ1) is 6.42. The van der Waals surface area contributed by atoms with Gasteiger partial charge in [0, 0.05) is 0 Å². The Labute approximate surface area is 53.8 Å². The van der Waals surface area contributed by atoms with E-state index in [1.807, 2.05) is 0 Å².